The summed E-state index contributed by atoms with van der Waals surface area (Å²) in [6.45, 7) is 0. The molecule has 2 bridgehead atoms. The molecule has 1 heterocycles. The maximum absolute atomic E-state index is 12.5. The van der Waals surface area contributed by atoms with E-state index >= 15 is 0 Å². The molecule has 3 aromatic rings. The summed E-state index contributed by atoms with van der Waals surface area (Å²) in [4.78, 5) is 34.2. The molecule has 6 nitrogen and oxygen atoms in total. The Morgan fingerprint density at radius 2 is 1.57 bits per heavy atom. The fraction of sp³-hybridized carbons (Fsp3) is 0.238. The van der Waals surface area contributed by atoms with Crippen molar-refractivity contribution in [1.82, 2.24) is 20.8 Å². The Balaban J connectivity index is 1.35. The van der Waals surface area contributed by atoms with E-state index in [4.69, 9.17) is 21.6 Å². The minimum absolute atomic E-state index is 0.291. The average Bonchev–Trinajstić information content (AvgIpc) is 3.32. The van der Waals surface area contributed by atoms with Crippen LogP contribution in [0.4, 0.5) is 0 Å². The molecule has 28 heavy (non-hydrogen) atoms. The fourth-order valence-electron chi connectivity index (χ4n) is 4.20. The Morgan fingerprint density at radius 3 is 2.32 bits per heavy atom. The van der Waals surface area contributed by atoms with Crippen molar-refractivity contribution in [2.24, 2.45) is 0 Å². The Morgan fingerprint density at radius 1 is 0.893 bits per heavy atom. The van der Waals surface area contributed by atoms with E-state index in [1.54, 1.807) is 42.5 Å². The van der Waals surface area contributed by atoms with E-state index in [-0.39, 0.29) is 0 Å². The van der Waals surface area contributed by atoms with E-state index in [9.17, 15) is 9.59 Å². The van der Waals surface area contributed by atoms with E-state index < -0.39 is 11.8 Å². The molecular formula is C21H17ClN4O2. The molecule has 2 aliphatic rings. The van der Waals surface area contributed by atoms with Crippen LogP contribution < -0.4 is 10.9 Å². The number of rotatable bonds is 2. The molecule has 0 saturated heterocycles. The van der Waals surface area contributed by atoms with Gasteiger partial charge in [0.1, 0.15) is 0 Å². The highest BCUT2D eigenvalue weighted by molar-refractivity contribution is 6.33. The SMILES string of the molecule is O=C(NNC(=O)c1ccccc1Cl)c1ccc2nc3c(nc2c1)C1CCC3C1. The quantitative estimate of drug-likeness (QED) is 0.651. The lowest BCUT2D eigenvalue weighted by Crippen LogP contribution is -2.41. The molecule has 2 aromatic carbocycles. The number of hydrogen-bond donors (Lipinski definition) is 2. The molecule has 2 aliphatic carbocycles. The number of fused-ring (bicyclic) bond motifs is 6. The molecule has 0 spiro atoms. The smallest absolute Gasteiger partial charge is 0.267 e. The number of aromatic nitrogens is 2. The molecule has 2 N–H and O–H groups in total. The minimum atomic E-state index is -0.478. The summed E-state index contributed by atoms with van der Waals surface area (Å²) in [7, 11) is 0. The Hall–Kier alpha value is -2.99. The Labute approximate surface area is 166 Å². The first-order chi connectivity index (χ1) is 13.6. The van der Waals surface area contributed by atoms with Crippen LogP contribution in [0, 0.1) is 0 Å². The average molecular weight is 393 g/mol. The van der Waals surface area contributed by atoms with Crippen LogP contribution in [-0.4, -0.2) is 21.8 Å². The van der Waals surface area contributed by atoms with Crippen LogP contribution in [0.1, 0.15) is 63.2 Å². The van der Waals surface area contributed by atoms with Gasteiger partial charge in [-0.15, -0.1) is 0 Å². The van der Waals surface area contributed by atoms with Crippen LogP contribution in [0.5, 0.6) is 0 Å². The van der Waals surface area contributed by atoms with E-state index in [0.717, 1.165) is 23.3 Å². The standard InChI is InChI=1S/C21H17ClN4O2/c22-15-4-2-1-3-14(15)21(28)26-25-20(27)13-7-8-16-17(10-13)24-19-12-6-5-11(9-12)18(19)23-16/h1-4,7-8,10-12H,5-6,9H2,(H,25,27)(H,26,28). The fourth-order valence-corrected chi connectivity index (χ4v) is 4.42. The summed E-state index contributed by atoms with van der Waals surface area (Å²) in [6, 6.07) is 11.8. The molecule has 1 aromatic heterocycles. The van der Waals surface area contributed by atoms with Gasteiger partial charge in [0.05, 0.1) is 33.0 Å². The van der Waals surface area contributed by atoms with E-state index in [1.807, 2.05) is 0 Å². The van der Waals surface area contributed by atoms with Crippen LogP contribution in [0.15, 0.2) is 42.5 Å². The summed E-state index contributed by atoms with van der Waals surface area (Å²) in [5.41, 5.74) is 9.23. The number of amides is 2. The van der Waals surface area contributed by atoms with E-state index in [0.29, 0.717) is 33.5 Å². The topological polar surface area (TPSA) is 84.0 Å². The van der Waals surface area contributed by atoms with Gasteiger partial charge in [0.2, 0.25) is 0 Å². The van der Waals surface area contributed by atoms with Crippen molar-refractivity contribution in [2.45, 2.75) is 31.1 Å². The van der Waals surface area contributed by atoms with Gasteiger partial charge in [-0.05, 0) is 49.6 Å². The van der Waals surface area contributed by atoms with Gasteiger partial charge in [0.15, 0.2) is 0 Å². The van der Waals surface area contributed by atoms with E-state index in [2.05, 4.69) is 10.9 Å². The Kier molecular flexibility index (Phi) is 4.02. The molecule has 1 fully saturated rings. The number of benzene rings is 2. The number of carbonyl (C=O) groups excluding carboxylic acids is 2. The van der Waals surface area contributed by atoms with Gasteiger partial charge in [0.25, 0.3) is 11.8 Å². The van der Waals surface area contributed by atoms with Crippen LogP contribution >= 0.6 is 11.6 Å². The predicted molar refractivity (Wildman–Crippen MR) is 105 cm³/mol. The van der Waals surface area contributed by atoms with Crippen molar-refractivity contribution in [3.05, 3.63) is 70.0 Å². The summed E-state index contributed by atoms with van der Waals surface area (Å²) in [5.74, 6) is 0.142. The second kappa shape index (κ2) is 6.56. The van der Waals surface area contributed by atoms with Gasteiger partial charge in [-0.3, -0.25) is 20.4 Å². The zero-order chi connectivity index (χ0) is 19.3. The number of carbonyl (C=O) groups is 2. The monoisotopic (exact) mass is 392 g/mol. The van der Waals surface area contributed by atoms with Crippen LogP contribution in [0.2, 0.25) is 5.02 Å². The summed E-state index contributed by atoms with van der Waals surface area (Å²) < 4.78 is 0. The molecule has 7 heteroatoms. The molecule has 2 atom stereocenters. The van der Waals surface area contributed by atoms with Gasteiger partial charge in [0, 0.05) is 17.4 Å². The first-order valence-corrected chi connectivity index (χ1v) is 9.65. The summed E-state index contributed by atoms with van der Waals surface area (Å²) >= 11 is 6.00. The van der Waals surface area contributed by atoms with Gasteiger partial charge in [-0.25, -0.2) is 9.97 Å². The van der Waals surface area contributed by atoms with Crippen molar-refractivity contribution < 1.29 is 9.59 Å². The molecule has 2 unspecified atom stereocenters. The number of nitrogens with zero attached hydrogens (tertiary/aromatic N) is 2. The van der Waals surface area contributed by atoms with Crippen molar-refractivity contribution in [3.63, 3.8) is 0 Å². The number of halogens is 1. The highest BCUT2D eigenvalue weighted by Crippen LogP contribution is 2.51. The van der Waals surface area contributed by atoms with Gasteiger partial charge in [-0.1, -0.05) is 23.7 Å². The van der Waals surface area contributed by atoms with Gasteiger partial charge >= 0.3 is 0 Å². The second-order valence-corrected chi connectivity index (χ2v) is 7.70. The molecule has 2 amide bonds. The molecule has 0 aliphatic heterocycles. The highest BCUT2D eigenvalue weighted by atomic mass is 35.5. The number of hydrazine groups is 1. The minimum Gasteiger partial charge on any atom is -0.267 e. The zero-order valence-corrected chi connectivity index (χ0v) is 15.7. The first-order valence-electron chi connectivity index (χ1n) is 9.27. The third-order valence-electron chi connectivity index (χ3n) is 5.60. The number of hydrogen-bond acceptors (Lipinski definition) is 4. The van der Waals surface area contributed by atoms with Crippen LogP contribution in [0.3, 0.4) is 0 Å². The summed E-state index contributed by atoms with van der Waals surface area (Å²) in [5, 5.41) is 0.318. The summed E-state index contributed by atoms with van der Waals surface area (Å²) in [6.07, 6.45) is 3.52. The lowest BCUT2D eigenvalue weighted by atomic mass is 10.00. The van der Waals surface area contributed by atoms with E-state index in [1.165, 1.54) is 12.8 Å². The molecule has 140 valence electrons. The van der Waals surface area contributed by atoms with Crippen LogP contribution in [0.25, 0.3) is 11.0 Å². The largest absolute Gasteiger partial charge is 0.271 e. The van der Waals surface area contributed by atoms with Gasteiger partial charge < -0.3 is 0 Å². The predicted octanol–water partition coefficient (Wildman–Crippen LogP) is 3.72. The van der Waals surface area contributed by atoms with Gasteiger partial charge in [-0.2, -0.15) is 0 Å². The van der Waals surface area contributed by atoms with Crippen LogP contribution in [-0.2, 0) is 0 Å². The van der Waals surface area contributed by atoms with Crippen molar-refractivity contribution in [2.75, 3.05) is 0 Å². The Bertz CT molecular complexity index is 1130. The zero-order valence-electron chi connectivity index (χ0n) is 14.9. The normalized spacial score (nSPS) is 19.5. The molecular weight excluding hydrogens is 376 g/mol. The number of nitrogens with one attached hydrogen (secondary N) is 2. The second-order valence-electron chi connectivity index (χ2n) is 7.29. The highest BCUT2D eigenvalue weighted by Gasteiger charge is 2.39. The first kappa shape index (κ1) is 17.1. The molecule has 5 rings (SSSR count). The maximum Gasteiger partial charge on any atom is 0.271 e. The lowest BCUT2D eigenvalue weighted by molar-refractivity contribution is 0.0847. The molecule has 0 radical (unpaired) electrons. The lowest BCUT2D eigenvalue weighted by Gasteiger charge is -2.14. The van der Waals surface area contributed by atoms with Crippen molar-refractivity contribution >= 4 is 34.4 Å². The molecule has 1 saturated carbocycles. The van der Waals surface area contributed by atoms with Crippen molar-refractivity contribution in [3.8, 4) is 0 Å². The third-order valence-corrected chi connectivity index (χ3v) is 5.93. The maximum atomic E-state index is 12.5. The third kappa shape index (κ3) is 2.81. The van der Waals surface area contributed by atoms with Crippen molar-refractivity contribution in [1.29, 1.82) is 0 Å².